The van der Waals surface area contributed by atoms with E-state index < -0.39 is 17.5 Å². The van der Waals surface area contributed by atoms with Gasteiger partial charge in [0.15, 0.2) is 22.9 Å². The molecule has 0 aliphatic heterocycles. The minimum atomic E-state index is -0.867. The number of esters is 1. The van der Waals surface area contributed by atoms with E-state index in [1.165, 1.54) is 20.4 Å². The molecule has 0 fully saturated rings. The van der Waals surface area contributed by atoms with Crippen LogP contribution < -0.4 is 15.2 Å². The van der Waals surface area contributed by atoms with Crippen molar-refractivity contribution in [3.05, 3.63) is 35.3 Å². The minimum absolute atomic E-state index is 0.0965. The number of nitrogens with two attached hydrogens (primary N) is 1. The summed E-state index contributed by atoms with van der Waals surface area (Å²) in [6, 6.07) is 5.21. The van der Waals surface area contributed by atoms with E-state index in [1.807, 2.05) is 0 Å². The number of carbonyl (C=O) groups excluding carboxylic acids is 1. The van der Waals surface area contributed by atoms with E-state index in [2.05, 4.69) is 10.2 Å². The van der Waals surface area contributed by atoms with E-state index in [-0.39, 0.29) is 19.0 Å². The summed E-state index contributed by atoms with van der Waals surface area (Å²) >= 11 is 0. The maximum Gasteiger partial charge on any atom is 0.349 e. The van der Waals surface area contributed by atoms with Crippen LogP contribution in [-0.2, 0) is 14.3 Å². The van der Waals surface area contributed by atoms with Crippen molar-refractivity contribution in [1.29, 1.82) is 0 Å². The maximum absolute atomic E-state index is 11.9. The Morgan fingerprint density at radius 2 is 1.88 bits per heavy atom. The highest BCUT2D eigenvalue weighted by Crippen LogP contribution is 2.29. The minimum Gasteiger partial charge on any atom is -0.493 e. The van der Waals surface area contributed by atoms with Gasteiger partial charge in [-0.05, 0) is 26.0 Å². The van der Waals surface area contributed by atoms with Gasteiger partial charge in [0.2, 0.25) is 0 Å². The van der Waals surface area contributed by atoms with Crippen LogP contribution in [0.3, 0.4) is 0 Å². The molecule has 26 heavy (non-hydrogen) atoms. The molecule has 0 aliphatic rings. The van der Waals surface area contributed by atoms with E-state index in [9.17, 15) is 9.90 Å². The van der Waals surface area contributed by atoms with Gasteiger partial charge in [0.1, 0.15) is 0 Å². The number of para-hydroxylation sites is 1. The van der Waals surface area contributed by atoms with Gasteiger partial charge >= 0.3 is 5.97 Å². The van der Waals surface area contributed by atoms with Crippen LogP contribution in [0.25, 0.3) is 0 Å². The van der Waals surface area contributed by atoms with Crippen molar-refractivity contribution in [2.45, 2.75) is 13.8 Å². The van der Waals surface area contributed by atoms with Gasteiger partial charge in [-0.2, -0.15) is 5.10 Å². The lowest BCUT2D eigenvalue weighted by molar-refractivity contribution is -0.138. The summed E-state index contributed by atoms with van der Waals surface area (Å²) in [5, 5.41) is 17.4. The third kappa shape index (κ3) is 5.40. The number of aliphatic hydroxyl groups is 1. The zero-order valence-electron chi connectivity index (χ0n) is 15.2. The third-order valence-corrected chi connectivity index (χ3v) is 3.03. The second-order valence-electron chi connectivity index (χ2n) is 4.65. The molecule has 9 nitrogen and oxygen atoms in total. The molecule has 3 N–H and O–H groups in total. The first-order valence-electron chi connectivity index (χ1n) is 7.81. The van der Waals surface area contributed by atoms with E-state index in [0.717, 1.165) is 0 Å². The number of rotatable bonds is 9. The first-order chi connectivity index (χ1) is 12.5. The lowest BCUT2D eigenvalue weighted by Gasteiger charge is -2.09. The summed E-state index contributed by atoms with van der Waals surface area (Å²) in [5.41, 5.74) is 5.94. The Kier molecular flexibility index (Phi) is 8.48. The highest BCUT2D eigenvalue weighted by Gasteiger charge is 2.22. The standard InChI is InChI=1S/C17H23N3O6/c1-5-25-16(21)13(17(22)26-6-2)15(18)20-19-10-11-8-7-9-12(23-3)14(11)24-4/h7-10,21H,5-6H2,1-4H3,(H2,18,20)/b16-13?,19-10-. The van der Waals surface area contributed by atoms with Crippen LogP contribution in [-0.4, -0.2) is 50.6 Å². The first kappa shape index (κ1) is 20.8. The quantitative estimate of drug-likeness (QED) is 0.171. The lowest BCUT2D eigenvalue weighted by atomic mass is 10.2. The second-order valence-corrected chi connectivity index (χ2v) is 4.65. The van der Waals surface area contributed by atoms with E-state index in [1.54, 1.807) is 32.0 Å². The average molecular weight is 365 g/mol. The molecule has 0 amide bonds. The average Bonchev–Trinajstić information content (AvgIpc) is 2.62. The number of benzene rings is 1. The van der Waals surface area contributed by atoms with Crippen LogP contribution >= 0.6 is 0 Å². The van der Waals surface area contributed by atoms with Gasteiger partial charge in [0, 0.05) is 5.56 Å². The molecule has 1 aromatic rings. The molecule has 9 heteroatoms. The van der Waals surface area contributed by atoms with Gasteiger partial charge < -0.3 is 29.8 Å². The topological polar surface area (TPSA) is 125 Å². The second kappa shape index (κ2) is 10.6. The Labute approximate surface area is 151 Å². The molecule has 0 bridgehead atoms. The molecule has 0 spiro atoms. The number of nitrogens with zero attached hydrogens (tertiary/aromatic N) is 2. The van der Waals surface area contributed by atoms with E-state index in [4.69, 9.17) is 24.7 Å². The number of hydrogen-bond donors (Lipinski definition) is 2. The molecular formula is C17H23N3O6. The normalized spacial score (nSPS) is 12.5. The molecule has 0 unspecified atom stereocenters. The summed E-state index contributed by atoms with van der Waals surface area (Å²) in [5.74, 6) is -0.914. The van der Waals surface area contributed by atoms with E-state index in [0.29, 0.717) is 17.1 Å². The van der Waals surface area contributed by atoms with Gasteiger partial charge in [-0.25, -0.2) is 4.79 Å². The number of aliphatic hydroxyl groups excluding tert-OH is 1. The number of hydrogen-bond acceptors (Lipinski definition) is 8. The molecule has 1 aromatic carbocycles. The van der Waals surface area contributed by atoms with Crippen molar-refractivity contribution < 1.29 is 28.8 Å². The highest BCUT2D eigenvalue weighted by atomic mass is 16.6. The van der Waals surface area contributed by atoms with Crippen molar-refractivity contribution >= 4 is 18.0 Å². The molecule has 0 aliphatic carbocycles. The molecule has 142 valence electrons. The number of carbonyl (C=O) groups is 1. The fourth-order valence-corrected chi connectivity index (χ4v) is 1.93. The lowest BCUT2D eigenvalue weighted by Crippen LogP contribution is -2.25. The molecule has 0 atom stereocenters. The van der Waals surface area contributed by atoms with E-state index >= 15 is 0 Å². The zero-order valence-corrected chi connectivity index (χ0v) is 15.2. The van der Waals surface area contributed by atoms with Crippen molar-refractivity contribution in [2.24, 2.45) is 15.9 Å². The Bertz CT molecular complexity index is 712. The molecule has 0 radical (unpaired) electrons. The van der Waals surface area contributed by atoms with Crippen molar-refractivity contribution in [2.75, 3.05) is 27.4 Å². The van der Waals surface area contributed by atoms with Gasteiger partial charge in [0.05, 0.1) is 33.6 Å². The third-order valence-electron chi connectivity index (χ3n) is 3.03. The molecule has 0 heterocycles. The Balaban J connectivity index is 3.16. The van der Waals surface area contributed by atoms with Crippen molar-refractivity contribution in [3.63, 3.8) is 0 Å². The maximum atomic E-state index is 11.9. The van der Waals surface area contributed by atoms with Crippen molar-refractivity contribution in [3.8, 4) is 11.5 Å². The van der Waals surface area contributed by atoms with Crippen LogP contribution in [0.1, 0.15) is 19.4 Å². The highest BCUT2D eigenvalue weighted by molar-refractivity contribution is 6.18. The summed E-state index contributed by atoms with van der Waals surface area (Å²) in [6.07, 6.45) is 1.37. The summed E-state index contributed by atoms with van der Waals surface area (Å²) in [4.78, 5) is 11.9. The van der Waals surface area contributed by atoms with Gasteiger partial charge in [-0.1, -0.05) is 6.07 Å². The molecule has 0 aromatic heterocycles. The predicted octanol–water partition coefficient (Wildman–Crippen LogP) is 1.76. The Hall–Kier alpha value is -3.23. The smallest absolute Gasteiger partial charge is 0.349 e. The van der Waals surface area contributed by atoms with Crippen LogP contribution in [0.4, 0.5) is 0 Å². The predicted molar refractivity (Wildman–Crippen MR) is 96.7 cm³/mol. The largest absolute Gasteiger partial charge is 0.493 e. The first-order valence-corrected chi connectivity index (χ1v) is 7.81. The fourth-order valence-electron chi connectivity index (χ4n) is 1.93. The SMILES string of the molecule is CCOC(=O)C(C(N)=N/N=C\c1cccc(OC)c1OC)=C(O)OCC. The van der Waals surface area contributed by atoms with Gasteiger partial charge in [-0.3, -0.25) is 0 Å². The van der Waals surface area contributed by atoms with Crippen LogP contribution in [0, 0.1) is 0 Å². The summed E-state index contributed by atoms with van der Waals surface area (Å²) in [7, 11) is 3.01. The van der Waals surface area contributed by atoms with Gasteiger partial charge in [0.25, 0.3) is 5.95 Å². The molecule has 1 rings (SSSR count). The monoisotopic (exact) mass is 365 g/mol. The summed E-state index contributed by atoms with van der Waals surface area (Å²) < 4.78 is 20.2. The van der Waals surface area contributed by atoms with Crippen LogP contribution in [0.15, 0.2) is 39.9 Å². The Morgan fingerprint density at radius 3 is 2.46 bits per heavy atom. The van der Waals surface area contributed by atoms with Crippen LogP contribution in [0.2, 0.25) is 0 Å². The van der Waals surface area contributed by atoms with Crippen molar-refractivity contribution in [1.82, 2.24) is 0 Å². The molecular weight excluding hydrogens is 342 g/mol. The Morgan fingerprint density at radius 1 is 1.19 bits per heavy atom. The zero-order chi connectivity index (χ0) is 19.5. The molecule has 0 saturated carbocycles. The number of ether oxygens (including phenoxy) is 4. The van der Waals surface area contributed by atoms with Crippen LogP contribution in [0.5, 0.6) is 11.5 Å². The summed E-state index contributed by atoms with van der Waals surface area (Å²) in [6.45, 7) is 3.49. The fraction of sp³-hybridized carbons (Fsp3) is 0.353. The number of amidine groups is 1. The van der Waals surface area contributed by atoms with Gasteiger partial charge in [-0.15, -0.1) is 5.10 Å². The molecule has 0 saturated heterocycles. The number of methoxy groups -OCH3 is 2.